The average molecular weight is 282 g/mol. The molecule has 2 rings (SSSR count). The lowest BCUT2D eigenvalue weighted by molar-refractivity contribution is -0.153. The molecule has 20 heavy (non-hydrogen) atoms. The first-order chi connectivity index (χ1) is 9.46. The number of nitrogens with zero attached hydrogens (tertiary/aromatic N) is 1. The highest BCUT2D eigenvalue weighted by molar-refractivity contribution is 5.82. The third kappa shape index (κ3) is 3.14. The average Bonchev–Trinajstić information content (AvgIpc) is 2.47. The molecule has 2 fully saturated rings. The molecule has 0 saturated carbocycles. The molecule has 2 N–H and O–H groups in total. The van der Waals surface area contributed by atoms with Crippen LogP contribution >= 0.6 is 0 Å². The van der Waals surface area contributed by atoms with Gasteiger partial charge in [-0.15, -0.1) is 0 Å². The summed E-state index contributed by atoms with van der Waals surface area (Å²) in [6, 6.07) is -0.0668. The summed E-state index contributed by atoms with van der Waals surface area (Å²) in [6.45, 7) is 6.00. The van der Waals surface area contributed by atoms with E-state index < -0.39 is 11.4 Å². The van der Waals surface area contributed by atoms with Crippen molar-refractivity contribution in [2.75, 3.05) is 19.6 Å². The molecule has 0 bridgehead atoms. The predicted octanol–water partition coefficient (Wildman–Crippen LogP) is 1.48. The Hall–Kier alpha value is -1.10. The second-order valence-corrected chi connectivity index (χ2v) is 6.50. The molecule has 2 atom stereocenters. The highest BCUT2D eigenvalue weighted by Gasteiger charge is 2.39. The highest BCUT2D eigenvalue weighted by atomic mass is 16.4. The summed E-state index contributed by atoms with van der Waals surface area (Å²) in [6.07, 6.45) is 4.30. The Labute approximate surface area is 120 Å². The minimum atomic E-state index is -0.744. The monoisotopic (exact) mass is 282 g/mol. The van der Waals surface area contributed by atoms with Gasteiger partial charge in [0, 0.05) is 13.1 Å². The maximum Gasteiger partial charge on any atom is 0.309 e. The van der Waals surface area contributed by atoms with Crippen molar-refractivity contribution in [3.8, 4) is 0 Å². The van der Waals surface area contributed by atoms with E-state index >= 15 is 0 Å². The van der Waals surface area contributed by atoms with Crippen LogP contribution in [0.25, 0.3) is 0 Å². The van der Waals surface area contributed by atoms with Gasteiger partial charge in [0.25, 0.3) is 0 Å². The Morgan fingerprint density at radius 1 is 1.35 bits per heavy atom. The van der Waals surface area contributed by atoms with Crippen LogP contribution in [0.5, 0.6) is 0 Å². The molecular formula is C15H26N2O3. The quantitative estimate of drug-likeness (QED) is 0.822. The smallest absolute Gasteiger partial charge is 0.309 e. The molecule has 2 aliphatic heterocycles. The third-order valence-corrected chi connectivity index (χ3v) is 5.08. The molecule has 0 aromatic rings. The molecule has 5 heteroatoms. The second-order valence-electron chi connectivity index (χ2n) is 6.50. The van der Waals surface area contributed by atoms with Crippen molar-refractivity contribution in [3.63, 3.8) is 0 Å². The molecule has 2 saturated heterocycles. The van der Waals surface area contributed by atoms with Gasteiger partial charge in [0.1, 0.15) is 0 Å². The Bertz CT molecular complexity index is 375. The van der Waals surface area contributed by atoms with Crippen LogP contribution in [0.2, 0.25) is 0 Å². The van der Waals surface area contributed by atoms with Gasteiger partial charge in [0.05, 0.1) is 11.5 Å². The predicted molar refractivity (Wildman–Crippen MR) is 76.4 cm³/mol. The van der Waals surface area contributed by atoms with E-state index in [0.717, 1.165) is 25.8 Å². The molecule has 0 radical (unpaired) electrons. The van der Waals surface area contributed by atoms with Gasteiger partial charge in [0.2, 0.25) is 5.91 Å². The van der Waals surface area contributed by atoms with Crippen molar-refractivity contribution < 1.29 is 14.7 Å². The second kappa shape index (κ2) is 6.12. The van der Waals surface area contributed by atoms with Crippen LogP contribution in [-0.2, 0) is 9.59 Å². The molecule has 5 nitrogen and oxygen atoms in total. The van der Waals surface area contributed by atoms with Crippen molar-refractivity contribution in [3.05, 3.63) is 0 Å². The number of nitrogens with one attached hydrogen (secondary N) is 1. The van der Waals surface area contributed by atoms with E-state index in [1.165, 1.54) is 0 Å². The van der Waals surface area contributed by atoms with Crippen molar-refractivity contribution >= 4 is 11.9 Å². The number of rotatable bonds is 3. The largest absolute Gasteiger partial charge is 0.481 e. The van der Waals surface area contributed by atoms with Crippen LogP contribution in [0.3, 0.4) is 0 Å². The Morgan fingerprint density at radius 3 is 2.55 bits per heavy atom. The lowest BCUT2D eigenvalue weighted by Crippen LogP contribution is -2.53. The normalized spacial score (nSPS) is 30.0. The summed E-state index contributed by atoms with van der Waals surface area (Å²) < 4.78 is 0. The van der Waals surface area contributed by atoms with E-state index in [-0.39, 0.29) is 11.9 Å². The third-order valence-electron chi connectivity index (χ3n) is 5.08. The van der Waals surface area contributed by atoms with Gasteiger partial charge < -0.3 is 15.3 Å². The van der Waals surface area contributed by atoms with Crippen LogP contribution in [0, 0.1) is 11.3 Å². The van der Waals surface area contributed by atoms with Gasteiger partial charge in [-0.25, -0.2) is 0 Å². The lowest BCUT2D eigenvalue weighted by atomic mass is 9.80. The molecule has 0 aliphatic carbocycles. The van der Waals surface area contributed by atoms with Gasteiger partial charge in [-0.1, -0.05) is 13.3 Å². The number of carboxylic acids is 1. The number of likely N-dealkylation sites (tertiary alicyclic amines) is 1. The van der Waals surface area contributed by atoms with Crippen LogP contribution in [0.4, 0.5) is 0 Å². The van der Waals surface area contributed by atoms with Gasteiger partial charge in [-0.2, -0.15) is 0 Å². The number of carbonyl (C=O) groups is 2. The Balaban J connectivity index is 1.90. The number of carboxylic acid groups (broad SMARTS) is 1. The maximum atomic E-state index is 12.5. The number of hydrogen-bond donors (Lipinski definition) is 2. The van der Waals surface area contributed by atoms with Gasteiger partial charge in [-0.3, -0.25) is 9.59 Å². The van der Waals surface area contributed by atoms with E-state index in [1.54, 1.807) is 6.92 Å². The van der Waals surface area contributed by atoms with Crippen molar-refractivity contribution in [2.24, 2.45) is 11.3 Å². The number of piperidine rings is 2. The van der Waals surface area contributed by atoms with Crippen molar-refractivity contribution in [2.45, 2.75) is 52.0 Å². The minimum Gasteiger partial charge on any atom is -0.481 e. The summed E-state index contributed by atoms with van der Waals surface area (Å²) in [5.41, 5.74) is -0.664. The minimum absolute atomic E-state index is 0.0668. The van der Waals surface area contributed by atoms with E-state index in [4.69, 9.17) is 0 Å². The fourth-order valence-corrected chi connectivity index (χ4v) is 3.21. The summed E-state index contributed by atoms with van der Waals surface area (Å²) in [4.78, 5) is 25.6. The van der Waals surface area contributed by atoms with Crippen LogP contribution in [-0.4, -0.2) is 47.6 Å². The summed E-state index contributed by atoms with van der Waals surface area (Å²) >= 11 is 0. The molecular weight excluding hydrogens is 256 g/mol. The van der Waals surface area contributed by atoms with Crippen molar-refractivity contribution in [1.82, 2.24) is 10.2 Å². The topological polar surface area (TPSA) is 69.6 Å². The van der Waals surface area contributed by atoms with Gasteiger partial charge in [-0.05, 0) is 45.1 Å². The first kappa shape index (κ1) is 15.3. The van der Waals surface area contributed by atoms with Crippen LogP contribution in [0.1, 0.15) is 46.0 Å². The number of aliphatic carboxylic acids is 1. The first-order valence-corrected chi connectivity index (χ1v) is 7.72. The standard InChI is InChI=1S/C15H26N2O3/c1-3-11-4-7-16-12(10-11)13(18)17-8-5-15(2,6-9-17)14(19)20/h11-12,16H,3-10H2,1-2H3,(H,19,20). The molecule has 114 valence electrons. The maximum absolute atomic E-state index is 12.5. The molecule has 1 amide bonds. The van der Waals surface area contributed by atoms with E-state index in [1.807, 2.05) is 4.90 Å². The summed E-state index contributed by atoms with van der Waals surface area (Å²) in [5.74, 6) is 0.0568. The van der Waals surface area contributed by atoms with Gasteiger partial charge >= 0.3 is 5.97 Å². The van der Waals surface area contributed by atoms with E-state index in [9.17, 15) is 14.7 Å². The number of hydrogen-bond acceptors (Lipinski definition) is 3. The molecule has 0 aromatic heterocycles. The highest BCUT2D eigenvalue weighted by Crippen LogP contribution is 2.31. The lowest BCUT2D eigenvalue weighted by Gasteiger charge is -2.39. The fourth-order valence-electron chi connectivity index (χ4n) is 3.21. The van der Waals surface area contributed by atoms with E-state index in [0.29, 0.717) is 31.8 Å². The molecule has 2 aliphatic rings. The molecule has 0 spiro atoms. The SMILES string of the molecule is CCC1CCNC(C(=O)N2CCC(C)(C(=O)O)CC2)C1. The zero-order chi connectivity index (χ0) is 14.8. The van der Waals surface area contributed by atoms with Crippen molar-refractivity contribution in [1.29, 1.82) is 0 Å². The Morgan fingerprint density at radius 2 is 2.00 bits per heavy atom. The molecule has 2 unspecified atom stereocenters. The van der Waals surface area contributed by atoms with Gasteiger partial charge in [0.15, 0.2) is 0 Å². The van der Waals surface area contributed by atoms with Crippen LogP contribution < -0.4 is 5.32 Å². The Kier molecular flexibility index (Phi) is 4.68. The number of amides is 1. The van der Waals surface area contributed by atoms with Crippen LogP contribution in [0.15, 0.2) is 0 Å². The van der Waals surface area contributed by atoms with E-state index in [2.05, 4.69) is 12.2 Å². The fraction of sp³-hybridized carbons (Fsp3) is 0.867. The summed E-state index contributed by atoms with van der Waals surface area (Å²) in [5, 5.41) is 12.5. The zero-order valence-electron chi connectivity index (χ0n) is 12.5. The summed E-state index contributed by atoms with van der Waals surface area (Å²) in [7, 11) is 0. The zero-order valence-corrected chi connectivity index (χ0v) is 12.5. The number of carbonyl (C=O) groups excluding carboxylic acids is 1. The molecule has 2 heterocycles. The molecule has 0 aromatic carbocycles. The first-order valence-electron chi connectivity index (χ1n) is 7.72.